The minimum absolute atomic E-state index is 0.689. The van der Waals surface area contributed by atoms with Crippen molar-refractivity contribution in [1.82, 2.24) is 29.2 Å². The van der Waals surface area contributed by atoms with Crippen LogP contribution in [0.4, 0.5) is 0 Å². The SMILES string of the molecule is Cc1nnc(CN2CCCC(Cc3nccn3C)C2)n1C. The van der Waals surface area contributed by atoms with E-state index in [0.717, 1.165) is 37.7 Å². The van der Waals surface area contributed by atoms with Gasteiger partial charge < -0.3 is 9.13 Å². The fourth-order valence-corrected chi connectivity index (χ4v) is 3.10. The predicted molar refractivity (Wildman–Crippen MR) is 80.7 cm³/mol. The Morgan fingerprint density at radius 1 is 1.24 bits per heavy atom. The lowest BCUT2D eigenvalue weighted by atomic mass is 9.94. The molecule has 1 fully saturated rings. The van der Waals surface area contributed by atoms with Crippen LogP contribution in [-0.2, 0) is 27.1 Å². The maximum absolute atomic E-state index is 4.45. The molecule has 0 bridgehead atoms. The molecule has 0 saturated carbocycles. The van der Waals surface area contributed by atoms with E-state index in [9.17, 15) is 0 Å². The van der Waals surface area contributed by atoms with Gasteiger partial charge in [-0.1, -0.05) is 0 Å². The van der Waals surface area contributed by atoms with Crippen molar-refractivity contribution in [3.8, 4) is 0 Å². The van der Waals surface area contributed by atoms with Crippen LogP contribution in [0.3, 0.4) is 0 Å². The first-order valence-electron chi connectivity index (χ1n) is 7.67. The Kier molecular flexibility index (Phi) is 4.05. The Bertz CT molecular complexity index is 599. The summed E-state index contributed by atoms with van der Waals surface area (Å²) in [7, 11) is 4.12. The molecule has 0 N–H and O–H groups in total. The van der Waals surface area contributed by atoms with Gasteiger partial charge in [0, 0.05) is 39.5 Å². The number of hydrogen-bond acceptors (Lipinski definition) is 4. The molecule has 6 heteroatoms. The van der Waals surface area contributed by atoms with Crippen LogP contribution < -0.4 is 0 Å². The molecule has 2 aromatic rings. The molecule has 3 heterocycles. The summed E-state index contributed by atoms with van der Waals surface area (Å²) in [4.78, 5) is 6.95. The molecule has 21 heavy (non-hydrogen) atoms. The third-order valence-corrected chi connectivity index (χ3v) is 4.54. The number of nitrogens with zero attached hydrogens (tertiary/aromatic N) is 6. The van der Waals surface area contributed by atoms with E-state index in [2.05, 4.69) is 36.3 Å². The third kappa shape index (κ3) is 3.15. The summed E-state index contributed by atoms with van der Waals surface area (Å²) in [5, 5.41) is 8.43. The minimum Gasteiger partial charge on any atom is -0.338 e. The smallest absolute Gasteiger partial charge is 0.146 e. The Balaban J connectivity index is 1.61. The number of hydrogen-bond donors (Lipinski definition) is 0. The number of piperidine rings is 1. The fourth-order valence-electron chi connectivity index (χ4n) is 3.10. The second-order valence-electron chi connectivity index (χ2n) is 6.12. The zero-order valence-electron chi connectivity index (χ0n) is 13.2. The van der Waals surface area contributed by atoms with Gasteiger partial charge in [-0.15, -0.1) is 10.2 Å². The molecule has 1 aliphatic heterocycles. The van der Waals surface area contributed by atoms with E-state index < -0.39 is 0 Å². The Labute approximate surface area is 125 Å². The lowest BCUT2D eigenvalue weighted by Crippen LogP contribution is -2.36. The molecular weight excluding hydrogens is 264 g/mol. The molecule has 0 aliphatic carbocycles. The van der Waals surface area contributed by atoms with Crippen LogP contribution >= 0.6 is 0 Å². The van der Waals surface area contributed by atoms with Crippen molar-refractivity contribution in [2.45, 2.75) is 32.7 Å². The number of likely N-dealkylation sites (tertiary alicyclic amines) is 1. The molecule has 0 aromatic carbocycles. The third-order valence-electron chi connectivity index (χ3n) is 4.54. The lowest BCUT2D eigenvalue weighted by Gasteiger charge is -2.32. The molecule has 1 atom stereocenters. The van der Waals surface area contributed by atoms with Gasteiger partial charge in [0.25, 0.3) is 0 Å². The highest BCUT2D eigenvalue weighted by Gasteiger charge is 2.22. The number of imidazole rings is 1. The van der Waals surface area contributed by atoms with Crippen LogP contribution in [0, 0.1) is 12.8 Å². The van der Waals surface area contributed by atoms with Crippen LogP contribution in [0.25, 0.3) is 0 Å². The summed E-state index contributed by atoms with van der Waals surface area (Å²) in [5.41, 5.74) is 0. The molecule has 1 aliphatic rings. The van der Waals surface area contributed by atoms with Gasteiger partial charge >= 0.3 is 0 Å². The monoisotopic (exact) mass is 288 g/mol. The molecule has 6 nitrogen and oxygen atoms in total. The maximum Gasteiger partial charge on any atom is 0.146 e. The first-order valence-corrected chi connectivity index (χ1v) is 7.67. The second kappa shape index (κ2) is 5.97. The van der Waals surface area contributed by atoms with Gasteiger partial charge in [-0.2, -0.15) is 0 Å². The zero-order valence-corrected chi connectivity index (χ0v) is 13.2. The Morgan fingerprint density at radius 3 is 2.76 bits per heavy atom. The van der Waals surface area contributed by atoms with Crippen molar-refractivity contribution < 1.29 is 0 Å². The first kappa shape index (κ1) is 14.3. The van der Waals surface area contributed by atoms with Crippen molar-refractivity contribution in [3.63, 3.8) is 0 Å². The first-order chi connectivity index (χ1) is 10.1. The normalized spacial score (nSPS) is 20.0. The van der Waals surface area contributed by atoms with Gasteiger partial charge in [-0.3, -0.25) is 4.90 Å². The van der Waals surface area contributed by atoms with Crippen molar-refractivity contribution in [2.75, 3.05) is 13.1 Å². The van der Waals surface area contributed by atoms with Gasteiger partial charge in [-0.25, -0.2) is 4.98 Å². The Hall–Kier alpha value is -1.69. The van der Waals surface area contributed by atoms with Gasteiger partial charge in [0.2, 0.25) is 0 Å². The molecule has 114 valence electrons. The van der Waals surface area contributed by atoms with E-state index in [-0.39, 0.29) is 0 Å². The summed E-state index contributed by atoms with van der Waals surface area (Å²) in [6.07, 6.45) is 7.53. The van der Waals surface area contributed by atoms with Crippen molar-refractivity contribution >= 4 is 0 Å². The summed E-state index contributed by atoms with van der Waals surface area (Å²) in [6.45, 7) is 5.17. The van der Waals surface area contributed by atoms with Crippen LogP contribution in [0.1, 0.15) is 30.3 Å². The molecular formula is C15H24N6. The van der Waals surface area contributed by atoms with Gasteiger partial charge in [0.05, 0.1) is 6.54 Å². The molecule has 1 saturated heterocycles. The van der Waals surface area contributed by atoms with Crippen LogP contribution in [0.15, 0.2) is 12.4 Å². The van der Waals surface area contributed by atoms with Crippen molar-refractivity contribution in [2.24, 2.45) is 20.0 Å². The topological polar surface area (TPSA) is 51.8 Å². The summed E-state index contributed by atoms with van der Waals surface area (Å²) >= 11 is 0. The maximum atomic E-state index is 4.45. The molecule has 3 rings (SSSR count). The van der Waals surface area contributed by atoms with E-state index in [4.69, 9.17) is 0 Å². The van der Waals surface area contributed by atoms with Gasteiger partial charge in [0.1, 0.15) is 17.5 Å². The second-order valence-corrected chi connectivity index (χ2v) is 6.12. The number of aryl methyl sites for hydroxylation is 2. The van der Waals surface area contributed by atoms with Crippen LogP contribution in [0.2, 0.25) is 0 Å². The van der Waals surface area contributed by atoms with E-state index in [1.807, 2.05) is 26.4 Å². The summed E-state index contributed by atoms with van der Waals surface area (Å²) in [5.74, 6) is 3.92. The summed E-state index contributed by atoms with van der Waals surface area (Å²) < 4.78 is 4.22. The highest BCUT2D eigenvalue weighted by molar-refractivity contribution is 4.96. The quantitative estimate of drug-likeness (QED) is 0.851. The highest BCUT2D eigenvalue weighted by Crippen LogP contribution is 2.21. The van der Waals surface area contributed by atoms with E-state index >= 15 is 0 Å². The lowest BCUT2D eigenvalue weighted by molar-refractivity contribution is 0.160. The van der Waals surface area contributed by atoms with E-state index in [1.54, 1.807) is 0 Å². The predicted octanol–water partition coefficient (Wildman–Crippen LogP) is 1.31. The molecule has 0 radical (unpaired) electrons. The summed E-state index contributed by atoms with van der Waals surface area (Å²) in [6, 6.07) is 0. The molecule has 0 spiro atoms. The van der Waals surface area contributed by atoms with Crippen molar-refractivity contribution in [3.05, 3.63) is 29.9 Å². The zero-order chi connectivity index (χ0) is 14.8. The number of rotatable bonds is 4. The largest absolute Gasteiger partial charge is 0.338 e. The van der Waals surface area contributed by atoms with Gasteiger partial charge in [0.15, 0.2) is 0 Å². The average Bonchev–Trinajstić information content (AvgIpc) is 3.00. The average molecular weight is 288 g/mol. The molecule has 0 amide bonds. The molecule has 2 aromatic heterocycles. The number of aromatic nitrogens is 5. The van der Waals surface area contributed by atoms with Crippen LogP contribution in [-0.4, -0.2) is 42.3 Å². The van der Waals surface area contributed by atoms with E-state index in [1.165, 1.54) is 18.7 Å². The minimum atomic E-state index is 0.689. The standard InChI is InChI=1S/C15H24N6/c1-12-17-18-15(20(12)3)11-21-7-4-5-13(10-21)9-14-16-6-8-19(14)2/h6,8,13H,4-5,7,9-11H2,1-3H3. The van der Waals surface area contributed by atoms with E-state index in [0.29, 0.717) is 5.92 Å². The molecule has 1 unspecified atom stereocenters. The Morgan fingerprint density at radius 2 is 2.10 bits per heavy atom. The van der Waals surface area contributed by atoms with Crippen LogP contribution in [0.5, 0.6) is 0 Å². The highest BCUT2D eigenvalue weighted by atomic mass is 15.3. The van der Waals surface area contributed by atoms with Crippen molar-refractivity contribution in [1.29, 1.82) is 0 Å². The van der Waals surface area contributed by atoms with Gasteiger partial charge in [-0.05, 0) is 32.2 Å². The fraction of sp³-hybridized carbons (Fsp3) is 0.667.